The molecule has 0 aliphatic heterocycles. The van der Waals surface area contributed by atoms with Gasteiger partial charge in [-0.2, -0.15) is 0 Å². The molecule has 3 N–H and O–H groups in total. The van der Waals surface area contributed by atoms with Crippen LogP contribution in [0.2, 0.25) is 10.0 Å². The van der Waals surface area contributed by atoms with Gasteiger partial charge < -0.3 is 4.74 Å². The lowest BCUT2D eigenvalue weighted by Gasteiger charge is -2.20. The van der Waals surface area contributed by atoms with Crippen molar-refractivity contribution in [1.29, 1.82) is 0 Å². The molecule has 0 saturated carbocycles. The number of carbonyl (C=O) groups excluding carboxylic acids is 1. The lowest BCUT2D eigenvalue weighted by Crippen LogP contribution is -2.27. The van der Waals surface area contributed by atoms with Gasteiger partial charge in [-0.3, -0.25) is 5.32 Å². The molecule has 6 nitrogen and oxygen atoms in total. The first-order valence-corrected chi connectivity index (χ1v) is 7.72. The predicted octanol–water partition coefficient (Wildman–Crippen LogP) is 2.99. The molecule has 1 amide bonds. The van der Waals surface area contributed by atoms with Crippen LogP contribution < -0.4 is 10.5 Å². The summed E-state index contributed by atoms with van der Waals surface area (Å²) in [5.41, 5.74) is -0.640. The van der Waals surface area contributed by atoms with Crippen molar-refractivity contribution in [3.63, 3.8) is 0 Å². The Kier molecular flexibility index (Phi) is 4.91. The van der Waals surface area contributed by atoms with Crippen molar-refractivity contribution >= 4 is 45.0 Å². The number of carbonyl (C=O) groups is 1. The highest BCUT2D eigenvalue weighted by Gasteiger charge is 2.20. The van der Waals surface area contributed by atoms with Gasteiger partial charge in [-0.25, -0.2) is 18.4 Å². The number of anilines is 1. The number of halogens is 2. The molecular weight excluding hydrogens is 327 g/mol. The van der Waals surface area contributed by atoms with Crippen LogP contribution in [0.15, 0.2) is 17.0 Å². The predicted molar refractivity (Wildman–Crippen MR) is 77.7 cm³/mol. The SMILES string of the molecule is CC(C)(C)OC(=O)Nc1c(Cl)cc(S(N)(=O)=O)cc1Cl. The Bertz CT molecular complexity index is 615. The molecular formula is C11H14Cl2N2O4S. The largest absolute Gasteiger partial charge is 0.444 e. The summed E-state index contributed by atoms with van der Waals surface area (Å²) < 4.78 is 27.5. The van der Waals surface area contributed by atoms with Crippen molar-refractivity contribution in [3.8, 4) is 0 Å². The second-order valence-electron chi connectivity index (χ2n) is 4.93. The number of ether oxygens (including phenoxy) is 1. The fraction of sp³-hybridized carbons (Fsp3) is 0.364. The van der Waals surface area contributed by atoms with Gasteiger partial charge in [0.05, 0.1) is 20.6 Å². The second kappa shape index (κ2) is 5.77. The average molecular weight is 341 g/mol. The Labute approximate surface area is 127 Å². The maximum absolute atomic E-state index is 11.6. The van der Waals surface area contributed by atoms with Gasteiger partial charge in [0.1, 0.15) is 5.60 Å². The Balaban J connectivity index is 3.07. The average Bonchev–Trinajstić information content (AvgIpc) is 2.19. The van der Waals surface area contributed by atoms with Crippen LogP contribution in [0.4, 0.5) is 10.5 Å². The van der Waals surface area contributed by atoms with Crippen molar-refractivity contribution in [2.24, 2.45) is 5.14 Å². The first kappa shape index (κ1) is 17.0. The molecule has 112 valence electrons. The third-order valence-electron chi connectivity index (χ3n) is 1.97. The zero-order valence-corrected chi connectivity index (χ0v) is 13.4. The molecule has 0 heterocycles. The van der Waals surface area contributed by atoms with Crippen LogP contribution in [-0.2, 0) is 14.8 Å². The van der Waals surface area contributed by atoms with E-state index in [1.807, 2.05) is 0 Å². The molecule has 0 radical (unpaired) electrons. The van der Waals surface area contributed by atoms with Crippen LogP contribution in [0, 0.1) is 0 Å². The Morgan fingerprint density at radius 1 is 1.25 bits per heavy atom. The van der Waals surface area contributed by atoms with Gasteiger partial charge in [-0.05, 0) is 32.9 Å². The molecule has 1 rings (SSSR count). The topological polar surface area (TPSA) is 98.5 Å². The highest BCUT2D eigenvalue weighted by molar-refractivity contribution is 7.89. The van der Waals surface area contributed by atoms with E-state index >= 15 is 0 Å². The molecule has 0 fully saturated rings. The summed E-state index contributed by atoms with van der Waals surface area (Å²) in [6.07, 6.45) is -0.760. The fourth-order valence-electron chi connectivity index (χ4n) is 1.24. The van der Waals surface area contributed by atoms with E-state index in [0.29, 0.717) is 0 Å². The van der Waals surface area contributed by atoms with Gasteiger partial charge >= 0.3 is 6.09 Å². The fourth-order valence-corrected chi connectivity index (χ4v) is 2.51. The van der Waals surface area contributed by atoms with Crippen molar-refractivity contribution in [2.45, 2.75) is 31.3 Å². The van der Waals surface area contributed by atoms with Crippen LogP contribution in [-0.4, -0.2) is 20.1 Å². The molecule has 0 aliphatic carbocycles. The molecule has 1 aromatic rings. The number of amides is 1. The summed E-state index contributed by atoms with van der Waals surface area (Å²) in [5, 5.41) is 7.20. The summed E-state index contributed by atoms with van der Waals surface area (Å²) in [5.74, 6) is 0. The second-order valence-corrected chi connectivity index (χ2v) is 7.31. The maximum Gasteiger partial charge on any atom is 0.412 e. The molecule has 1 aromatic carbocycles. The number of hydrogen-bond acceptors (Lipinski definition) is 4. The van der Waals surface area contributed by atoms with Crippen LogP contribution in [0.1, 0.15) is 20.8 Å². The zero-order chi connectivity index (χ0) is 15.7. The van der Waals surface area contributed by atoms with Crippen LogP contribution in [0.3, 0.4) is 0 Å². The maximum atomic E-state index is 11.6. The number of nitrogens with one attached hydrogen (secondary N) is 1. The highest BCUT2D eigenvalue weighted by atomic mass is 35.5. The molecule has 0 spiro atoms. The van der Waals surface area contributed by atoms with E-state index in [-0.39, 0.29) is 20.6 Å². The molecule has 0 atom stereocenters. The van der Waals surface area contributed by atoms with Crippen molar-refractivity contribution < 1.29 is 17.9 Å². The monoisotopic (exact) mass is 340 g/mol. The molecule has 0 aliphatic rings. The van der Waals surface area contributed by atoms with Crippen molar-refractivity contribution in [2.75, 3.05) is 5.32 Å². The van der Waals surface area contributed by atoms with E-state index in [2.05, 4.69) is 5.32 Å². The van der Waals surface area contributed by atoms with Crippen LogP contribution in [0.5, 0.6) is 0 Å². The Hall–Kier alpha value is -1.02. The summed E-state index contributed by atoms with van der Waals surface area (Å²) in [6.45, 7) is 5.08. The third-order valence-corrected chi connectivity index (χ3v) is 3.46. The normalized spacial score (nSPS) is 12.1. The van der Waals surface area contributed by atoms with Crippen molar-refractivity contribution in [3.05, 3.63) is 22.2 Å². The van der Waals surface area contributed by atoms with Gasteiger partial charge in [-0.15, -0.1) is 0 Å². The lowest BCUT2D eigenvalue weighted by molar-refractivity contribution is 0.0636. The molecule has 0 unspecified atom stereocenters. The van der Waals surface area contributed by atoms with E-state index in [4.69, 9.17) is 33.1 Å². The van der Waals surface area contributed by atoms with E-state index in [0.717, 1.165) is 12.1 Å². The van der Waals surface area contributed by atoms with Crippen LogP contribution in [0.25, 0.3) is 0 Å². The number of hydrogen-bond donors (Lipinski definition) is 2. The van der Waals surface area contributed by atoms with Crippen molar-refractivity contribution in [1.82, 2.24) is 0 Å². The van der Waals surface area contributed by atoms with E-state index < -0.39 is 21.7 Å². The van der Waals surface area contributed by atoms with Crippen LogP contribution >= 0.6 is 23.2 Å². The molecule has 0 bridgehead atoms. The van der Waals surface area contributed by atoms with E-state index in [1.54, 1.807) is 20.8 Å². The smallest absolute Gasteiger partial charge is 0.412 e. The first-order valence-electron chi connectivity index (χ1n) is 5.42. The zero-order valence-electron chi connectivity index (χ0n) is 11.0. The van der Waals surface area contributed by atoms with Gasteiger partial charge in [0.2, 0.25) is 10.0 Å². The number of primary sulfonamides is 1. The third kappa shape index (κ3) is 4.82. The Morgan fingerprint density at radius 3 is 2.05 bits per heavy atom. The van der Waals surface area contributed by atoms with E-state index in [9.17, 15) is 13.2 Å². The quantitative estimate of drug-likeness (QED) is 0.864. The standard InChI is InChI=1S/C11H14Cl2N2O4S/c1-11(2,3)19-10(16)15-9-7(12)4-6(5-8(9)13)20(14,17)18/h4-5H,1-3H3,(H,15,16)(H2,14,17,18). The highest BCUT2D eigenvalue weighted by Crippen LogP contribution is 2.33. The van der Waals surface area contributed by atoms with Gasteiger partial charge in [0.25, 0.3) is 0 Å². The number of sulfonamides is 1. The van der Waals surface area contributed by atoms with E-state index in [1.165, 1.54) is 0 Å². The summed E-state index contributed by atoms with van der Waals surface area (Å²) in [4.78, 5) is 11.4. The molecule has 0 saturated heterocycles. The minimum absolute atomic E-state index is 0.0509. The summed E-state index contributed by atoms with van der Waals surface area (Å²) in [6, 6.07) is 2.19. The lowest BCUT2D eigenvalue weighted by atomic mass is 10.2. The first-order chi connectivity index (χ1) is 8.90. The Morgan fingerprint density at radius 2 is 1.70 bits per heavy atom. The van der Waals surface area contributed by atoms with Gasteiger partial charge in [-0.1, -0.05) is 23.2 Å². The van der Waals surface area contributed by atoms with Gasteiger partial charge in [0.15, 0.2) is 0 Å². The summed E-state index contributed by atoms with van der Waals surface area (Å²) in [7, 11) is -3.93. The number of benzene rings is 1. The minimum atomic E-state index is -3.93. The minimum Gasteiger partial charge on any atom is -0.444 e. The number of rotatable bonds is 2. The molecule has 20 heavy (non-hydrogen) atoms. The summed E-state index contributed by atoms with van der Waals surface area (Å²) >= 11 is 11.8. The number of nitrogens with two attached hydrogens (primary N) is 1. The van der Waals surface area contributed by atoms with Gasteiger partial charge in [0, 0.05) is 0 Å². The molecule has 0 aromatic heterocycles. The molecule has 9 heteroatoms.